The van der Waals surface area contributed by atoms with Crippen molar-refractivity contribution >= 4 is 17.4 Å². The quantitative estimate of drug-likeness (QED) is 0.847. The minimum Gasteiger partial charge on any atom is -0.324 e. The van der Waals surface area contributed by atoms with Gasteiger partial charge in [-0.15, -0.1) is 0 Å². The summed E-state index contributed by atoms with van der Waals surface area (Å²) in [4.78, 5) is 23.5. The Hall–Kier alpha value is -2.46. The maximum atomic E-state index is 12.2. The Bertz CT molecular complexity index is 663. The second kappa shape index (κ2) is 6.33. The first-order chi connectivity index (χ1) is 9.97. The highest BCUT2D eigenvalue weighted by atomic mass is 16.2. The summed E-state index contributed by atoms with van der Waals surface area (Å²) < 4.78 is 0. The molecule has 0 heterocycles. The summed E-state index contributed by atoms with van der Waals surface area (Å²) in [6.45, 7) is 3.46. The van der Waals surface area contributed by atoms with Gasteiger partial charge in [0, 0.05) is 11.3 Å². The van der Waals surface area contributed by atoms with Gasteiger partial charge < -0.3 is 11.1 Å². The minimum atomic E-state index is -0.744. The number of carbonyl (C=O) groups excluding carboxylic acids is 2. The molecule has 0 bridgehead atoms. The average Bonchev–Trinajstić information content (AvgIpc) is 2.47. The summed E-state index contributed by atoms with van der Waals surface area (Å²) >= 11 is 0. The Balaban J connectivity index is 2.12. The molecule has 1 amide bonds. The number of Topliss-reactive ketones (excluding diaryl/α,β-unsaturated/α-hetero) is 1. The third-order valence-corrected chi connectivity index (χ3v) is 3.26. The number of benzene rings is 2. The normalized spacial score (nSPS) is 11.8. The van der Waals surface area contributed by atoms with Gasteiger partial charge in [0.1, 0.15) is 6.04 Å². The van der Waals surface area contributed by atoms with E-state index in [4.69, 9.17) is 5.73 Å². The molecule has 0 aromatic heterocycles. The number of nitrogens with one attached hydrogen (secondary N) is 1. The van der Waals surface area contributed by atoms with Crippen molar-refractivity contribution in [3.8, 4) is 0 Å². The second-order valence-corrected chi connectivity index (χ2v) is 5.01. The van der Waals surface area contributed by atoms with Gasteiger partial charge in [-0.25, -0.2) is 0 Å². The van der Waals surface area contributed by atoms with Crippen LogP contribution in [0.3, 0.4) is 0 Å². The predicted molar refractivity (Wildman–Crippen MR) is 83.2 cm³/mol. The maximum Gasteiger partial charge on any atom is 0.245 e. The number of hydrogen-bond donors (Lipinski definition) is 2. The highest BCUT2D eigenvalue weighted by molar-refractivity contribution is 5.98. The Labute approximate surface area is 124 Å². The first kappa shape index (κ1) is 14.9. The molecule has 0 saturated heterocycles. The van der Waals surface area contributed by atoms with E-state index in [9.17, 15) is 9.59 Å². The third-order valence-electron chi connectivity index (χ3n) is 3.26. The van der Waals surface area contributed by atoms with Crippen LogP contribution in [-0.4, -0.2) is 11.7 Å². The van der Waals surface area contributed by atoms with Crippen LogP contribution in [0, 0.1) is 6.92 Å². The van der Waals surface area contributed by atoms with Gasteiger partial charge in [0.2, 0.25) is 5.91 Å². The highest BCUT2D eigenvalue weighted by Gasteiger charge is 2.16. The standard InChI is InChI=1S/C17H18N2O2/c1-11-6-8-13(9-7-11)16(18)17(21)19-15-5-3-4-14(10-15)12(2)20/h3-10,16H,18H2,1-2H3,(H,19,21). The van der Waals surface area contributed by atoms with Gasteiger partial charge in [0.25, 0.3) is 0 Å². The SMILES string of the molecule is CC(=O)c1cccc(NC(=O)C(N)c2ccc(C)cc2)c1. The summed E-state index contributed by atoms with van der Waals surface area (Å²) in [5.41, 5.74) is 8.94. The van der Waals surface area contributed by atoms with Crippen LogP contribution in [0.15, 0.2) is 48.5 Å². The van der Waals surface area contributed by atoms with Crippen LogP contribution < -0.4 is 11.1 Å². The summed E-state index contributed by atoms with van der Waals surface area (Å²) in [6.07, 6.45) is 0. The summed E-state index contributed by atoms with van der Waals surface area (Å²) in [6, 6.07) is 13.6. The molecule has 2 rings (SSSR count). The first-order valence-corrected chi connectivity index (χ1v) is 6.71. The molecule has 21 heavy (non-hydrogen) atoms. The number of carbonyl (C=O) groups is 2. The lowest BCUT2D eigenvalue weighted by atomic mass is 10.0. The molecule has 0 saturated carbocycles. The van der Waals surface area contributed by atoms with Gasteiger partial charge in [-0.1, -0.05) is 42.0 Å². The maximum absolute atomic E-state index is 12.2. The third kappa shape index (κ3) is 3.77. The fourth-order valence-corrected chi connectivity index (χ4v) is 1.96. The van der Waals surface area contributed by atoms with Crippen molar-refractivity contribution in [1.82, 2.24) is 0 Å². The van der Waals surface area contributed by atoms with Crippen LogP contribution in [0.4, 0.5) is 5.69 Å². The second-order valence-electron chi connectivity index (χ2n) is 5.01. The predicted octanol–water partition coefficient (Wildman–Crippen LogP) is 2.84. The molecular formula is C17H18N2O2. The van der Waals surface area contributed by atoms with E-state index in [1.165, 1.54) is 6.92 Å². The van der Waals surface area contributed by atoms with Crippen LogP contribution in [0.2, 0.25) is 0 Å². The molecule has 108 valence electrons. The molecule has 3 N–H and O–H groups in total. The van der Waals surface area contributed by atoms with E-state index >= 15 is 0 Å². The topological polar surface area (TPSA) is 72.2 Å². The monoisotopic (exact) mass is 282 g/mol. The number of amides is 1. The zero-order valence-electron chi connectivity index (χ0n) is 12.1. The lowest BCUT2D eigenvalue weighted by Gasteiger charge is -2.13. The largest absolute Gasteiger partial charge is 0.324 e. The Morgan fingerprint density at radius 2 is 1.76 bits per heavy atom. The molecule has 0 aliphatic rings. The lowest BCUT2D eigenvalue weighted by molar-refractivity contribution is -0.117. The van der Waals surface area contributed by atoms with Crippen LogP contribution in [0.1, 0.15) is 34.5 Å². The van der Waals surface area contributed by atoms with Crippen molar-refractivity contribution < 1.29 is 9.59 Å². The van der Waals surface area contributed by atoms with Crippen LogP contribution >= 0.6 is 0 Å². The van der Waals surface area contributed by atoms with Gasteiger partial charge in [-0.2, -0.15) is 0 Å². The number of anilines is 1. The van der Waals surface area contributed by atoms with Gasteiger partial charge in [0.15, 0.2) is 5.78 Å². The fraction of sp³-hybridized carbons (Fsp3) is 0.176. The molecule has 0 spiro atoms. The van der Waals surface area contributed by atoms with Crippen molar-refractivity contribution in [2.45, 2.75) is 19.9 Å². The molecule has 1 unspecified atom stereocenters. The van der Waals surface area contributed by atoms with Crippen molar-refractivity contribution in [1.29, 1.82) is 0 Å². The smallest absolute Gasteiger partial charge is 0.245 e. The van der Waals surface area contributed by atoms with E-state index in [1.54, 1.807) is 24.3 Å². The van der Waals surface area contributed by atoms with E-state index in [0.29, 0.717) is 11.3 Å². The van der Waals surface area contributed by atoms with Crippen molar-refractivity contribution in [2.75, 3.05) is 5.32 Å². The number of ketones is 1. The van der Waals surface area contributed by atoms with Gasteiger partial charge in [0.05, 0.1) is 0 Å². The van der Waals surface area contributed by atoms with E-state index in [0.717, 1.165) is 11.1 Å². The average molecular weight is 282 g/mol. The molecule has 2 aromatic carbocycles. The van der Waals surface area contributed by atoms with Gasteiger partial charge in [-0.3, -0.25) is 9.59 Å². The number of nitrogens with two attached hydrogens (primary N) is 1. The molecule has 0 aliphatic carbocycles. The van der Waals surface area contributed by atoms with Gasteiger partial charge >= 0.3 is 0 Å². The molecule has 4 heteroatoms. The van der Waals surface area contributed by atoms with E-state index < -0.39 is 6.04 Å². The summed E-state index contributed by atoms with van der Waals surface area (Å²) in [5.74, 6) is -0.353. The number of rotatable bonds is 4. The number of hydrogen-bond acceptors (Lipinski definition) is 3. The van der Waals surface area contributed by atoms with Crippen molar-refractivity contribution in [2.24, 2.45) is 5.73 Å². The molecule has 0 fully saturated rings. The van der Waals surface area contributed by atoms with Crippen molar-refractivity contribution in [3.05, 3.63) is 65.2 Å². The fourth-order valence-electron chi connectivity index (χ4n) is 1.96. The lowest BCUT2D eigenvalue weighted by Crippen LogP contribution is -2.27. The van der Waals surface area contributed by atoms with Crippen LogP contribution in [0.5, 0.6) is 0 Å². The van der Waals surface area contributed by atoms with Crippen LogP contribution in [-0.2, 0) is 4.79 Å². The molecular weight excluding hydrogens is 264 g/mol. The highest BCUT2D eigenvalue weighted by Crippen LogP contribution is 2.16. The van der Waals surface area contributed by atoms with Crippen LogP contribution in [0.25, 0.3) is 0 Å². The molecule has 4 nitrogen and oxygen atoms in total. The van der Waals surface area contributed by atoms with E-state index in [1.807, 2.05) is 31.2 Å². The molecule has 1 atom stereocenters. The van der Waals surface area contributed by atoms with E-state index in [2.05, 4.69) is 5.32 Å². The summed E-state index contributed by atoms with van der Waals surface area (Å²) in [7, 11) is 0. The Kier molecular flexibility index (Phi) is 4.50. The molecule has 0 radical (unpaired) electrons. The zero-order chi connectivity index (χ0) is 15.4. The van der Waals surface area contributed by atoms with Crippen molar-refractivity contribution in [3.63, 3.8) is 0 Å². The zero-order valence-corrected chi connectivity index (χ0v) is 12.1. The molecule has 2 aromatic rings. The number of aryl methyl sites for hydroxylation is 1. The first-order valence-electron chi connectivity index (χ1n) is 6.71. The molecule has 0 aliphatic heterocycles. The Morgan fingerprint density at radius 1 is 1.10 bits per heavy atom. The minimum absolute atomic E-state index is 0.0473. The summed E-state index contributed by atoms with van der Waals surface area (Å²) in [5, 5.41) is 2.73. The van der Waals surface area contributed by atoms with E-state index in [-0.39, 0.29) is 11.7 Å². The van der Waals surface area contributed by atoms with Gasteiger partial charge in [-0.05, 0) is 31.5 Å². The Morgan fingerprint density at radius 3 is 2.38 bits per heavy atom.